The summed E-state index contributed by atoms with van der Waals surface area (Å²) in [5.74, 6) is 0.573. The summed E-state index contributed by atoms with van der Waals surface area (Å²) < 4.78 is 33.3. The molecule has 1 aromatic rings. The van der Waals surface area contributed by atoms with Crippen LogP contribution >= 0.6 is 0 Å². The molecule has 2 aliphatic rings. The number of amides is 1. The third-order valence-electron chi connectivity index (χ3n) is 6.17. The van der Waals surface area contributed by atoms with Gasteiger partial charge in [-0.2, -0.15) is 4.31 Å². The van der Waals surface area contributed by atoms with Crippen molar-refractivity contribution in [2.75, 3.05) is 65.5 Å². The van der Waals surface area contributed by atoms with E-state index in [-0.39, 0.29) is 18.6 Å². The Morgan fingerprint density at radius 3 is 2.42 bits per heavy atom. The fourth-order valence-electron chi connectivity index (χ4n) is 4.47. The number of morpholine rings is 1. The van der Waals surface area contributed by atoms with Crippen LogP contribution in [0.25, 0.3) is 0 Å². The fourth-order valence-corrected chi connectivity index (χ4v) is 5.89. The highest BCUT2D eigenvalue weighted by Gasteiger charge is 2.29. The summed E-state index contributed by atoms with van der Waals surface area (Å²) in [5, 5.41) is 2.99. The molecule has 1 N–H and O–H groups in total. The molecule has 1 atom stereocenters. The molecule has 2 saturated heterocycles. The normalized spacial score (nSPS) is 21.4. The minimum atomic E-state index is -3.50. The van der Waals surface area contributed by atoms with Crippen molar-refractivity contribution in [1.29, 1.82) is 0 Å². The van der Waals surface area contributed by atoms with Crippen LogP contribution in [0.3, 0.4) is 0 Å². The number of nitrogens with zero attached hydrogens (tertiary/aromatic N) is 3. The van der Waals surface area contributed by atoms with E-state index in [1.807, 2.05) is 17.0 Å². The van der Waals surface area contributed by atoms with E-state index in [0.29, 0.717) is 50.1 Å². The Kier molecular flexibility index (Phi) is 9.69. The summed E-state index contributed by atoms with van der Waals surface area (Å²) >= 11 is 0. The van der Waals surface area contributed by atoms with Gasteiger partial charge in [-0.05, 0) is 30.0 Å². The van der Waals surface area contributed by atoms with Crippen molar-refractivity contribution >= 4 is 15.9 Å². The first-order valence-electron chi connectivity index (χ1n) is 12.2. The number of carbonyl (C=O) groups is 1. The monoisotopic (exact) mass is 480 g/mol. The molecule has 2 aliphatic heterocycles. The molecule has 1 unspecified atom stereocenters. The van der Waals surface area contributed by atoms with Crippen LogP contribution in [0.5, 0.6) is 0 Å². The summed E-state index contributed by atoms with van der Waals surface area (Å²) in [5.41, 5.74) is 1.15. The van der Waals surface area contributed by atoms with E-state index in [4.69, 9.17) is 4.74 Å². The van der Waals surface area contributed by atoms with Gasteiger partial charge in [0.05, 0.1) is 24.2 Å². The van der Waals surface area contributed by atoms with Crippen molar-refractivity contribution in [2.24, 2.45) is 5.92 Å². The standard InChI is InChI=1S/C24H40N4O4S/c1-4-5-21-6-8-23(9-7-21)33(30,31)28-12-10-26(11-13-28)19-24(29)25-16-22-18-27(14-15-32-22)17-20(2)3/h6-9,20,22H,4-5,10-19H2,1-3H3,(H,25,29). The Morgan fingerprint density at radius 2 is 1.79 bits per heavy atom. The number of carbonyl (C=O) groups excluding carboxylic acids is 1. The molecule has 0 aromatic heterocycles. The molecule has 3 rings (SSSR count). The van der Waals surface area contributed by atoms with Crippen LogP contribution in [0.2, 0.25) is 0 Å². The molecular formula is C24H40N4O4S. The van der Waals surface area contributed by atoms with Gasteiger partial charge in [0.1, 0.15) is 0 Å². The Labute approximate surface area is 199 Å². The van der Waals surface area contributed by atoms with Crippen molar-refractivity contribution in [1.82, 2.24) is 19.4 Å². The van der Waals surface area contributed by atoms with Crippen LogP contribution in [0, 0.1) is 5.92 Å². The number of sulfonamides is 1. The highest BCUT2D eigenvalue weighted by Crippen LogP contribution is 2.19. The summed E-state index contributed by atoms with van der Waals surface area (Å²) in [4.78, 5) is 17.2. The predicted octanol–water partition coefficient (Wildman–Crippen LogP) is 1.42. The third kappa shape index (κ3) is 7.75. The number of ether oxygens (including phenoxy) is 1. The van der Waals surface area contributed by atoms with Crippen LogP contribution < -0.4 is 5.32 Å². The van der Waals surface area contributed by atoms with Crippen LogP contribution in [0.15, 0.2) is 29.2 Å². The molecule has 0 spiro atoms. The van der Waals surface area contributed by atoms with Gasteiger partial charge in [0.25, 0.3) is 0 Å². The van der Waals surface area contributed by atoms with Crippen molar-refractivity contribution in [3.05, 3.63) is 29.8 Å². The minimum absolute atomic E-state index is 0.0205. The van der Waals surface area contributed by atoms with Gasteiger partial charge in [0.15, 0.2) is 0 Å². The molecule has 0 bridgehead atoms. The lowest BCUT2D eigenvalue weighted by Gasteiger charge is -2.35. The Balaban J connectivity index is 1.41. The van der Waals surface area contributed by atoms with Gasteiger partial charge >= 0.3 is 0 Å². The van der Waals surface area contributed by atoms with Crippen LogP contribution in [-0.4, -0.2) is 100 Å². The number of aryl methyl sites for hydroxylation is 1. The molecule has 0 saturated carbocycles. The summed E-state index contributed by atoms with van der Waals surface area (Å²) in [6.07, 6.45) is 2.00. The molecule has 1 aromatic carbocycles. The number of hydrogen-bond acceptors (Lipinski definition) is 6. The first-order valence-corrected chi connectivity index (χ1v) is 13.6. The van der Waals surface area contributed by atoms with Crippen molar-refractivity contribution in [2.45, 2.75) is 44.6 Å². The van der Waals surface area contributed by atoms with Crippen LogP contribution in [0.1, 0.15) is 32.8 Å². The average Bonchev–Trinajstić information content (AvgIpc) is 2.78. The smallest absolute Gasteiger partial charge is 0.243 e. The number of hydrogen-bond donors (Lipinski definition) is 1. The molecule has 9 heteroatoms. The quantitative estimate of drug-likeness (QED) is 0.546. The maximum atomic E-state index is 13.0. The maximum absolute atomic E-state index is 13.0. The number of benzene rings is 1. The molecule has 1 amide bonds. The predicted molar refractivity (Wildman–Crippen MR) is 130 cm³/mol. The lowest BCUT2D eigenvalue weighted by molar-refractivity contribution is -0.123. The second kappa shape index (κ2) is 12.3. The van der Waals surface area contributed by atoms with E-state index in [0.717, 1.165) is 38.0 Å². The minimum Gasteiger partial charge on any atom is -0.374 e. The number of rotatable bonds is 10. The zero-order valence-electron chi connectivity index (χ0n) is 20.3. The maximum Gasteiger partial charge on any atom is 0.243 e. The van der Waals surface area contributed by atoms with E-state index in [1.54, 1.807) is 12.1 Å². The first kappa shape index (κ1) is 26.1. The molecule has 186 valence electrons. The Morgan fingerprint density at radius 1 is 1.09 bits per heavy atom. The van der Waals surface area contributed by atoms with Gasteiger partial charge < -0.3 is 10.1 Å². The molecule has 0 radical (unpaired) electrons. The van der Waals surface area contributed by atoms with E-state index >= 15 is 0 Å². The topological polar surface area (TPSA) is 82.2 Å². The average molecular weight is 481 g/mol. The van der Waals surface area contributed by atoms with E-state index in [1.165, 1.54) is 4.31 Å². The second-order valence-electron chi connectivity index (χ2n) is 9.52. The van der Waals surface area contributed by atoms with Gasteiger partial charge in [0, 0.05) is 52.4 Å². The largest absolute Gasteiger partial charge is 0.374 e. The lowest BCUT2D eigenvalue weighted by atomic mass is 10.1. The van der Waals surface area contributed by atoms with Crippen LogP contribution in [-0.2, 0) is 26.0 Å². The summed E-state index contributed by atoms with van der Waals surface area (Å²) in [6, 6.07) is 7.20. The van der Waals surface area contributed by atoms with E-state index in [2.05, 4.69) is 31.0 Å². The molecule has 2 fully saturated rings. The van der Waals surface area contributed by atoms with Gasteiger partial charge in [0.2, 0.25) is 15.9 Å². The molecule has 33 heavy (non-hydrogen) atoms. The second-order valence-corrected chi connectivity index (χ2v) is 11.5. The SMILES string of the molecule is CCCc1ccc(S(=O)(=O)N2CCN(CC(=O)NCC3CN(CC(C)C)CCO3)CC2)cc1. The van der Waals surface area contributed by atoms with Crippen molar-refractivity contribution in [3.63, 3.8) is 0 Å². The fraction of sp³-hybridized carbons (Fsp3) is 0.708. The number of nitrogens with one attached hydrogen (secondary N) is 1. The molecule has 2 heterocycles. The first-order chi connectivity index (χ1) is 15.8. The Bertz CT molecular complexity index is 852. The molecule has 0 aliphatic carbocycles. The highest BCUT2D eigenvalue weighted by atomic mass is 32.2. The molecule has 8 nitrogen and oxygen atoms in total. The highest BCUT2D eigenvalue weighted by molar-refractivity contribution is 7.89. The van der Waals surface area contributed by atoms with Crippen LogP contribution in [0.4, 0.5) is 0 Å². The number of piperazine rings is 1. The Hall–Kier alpha value is -1.52. The summed E-state index contributed by atoms with van der Waals surface area (Å²) in [7, 11) is -3.50. The van der Waals surface area contributed by atoms with Gasteiger partial charge in [-0.15, -0.1) is 0 Å². The zero-order valence-corrected chi connectivity index (χ0v) is 21.1. The zero-order chi connectivity index (χ0) is 23.8. The third-order valence-corrected chi connectivity index (χ3v) is 8.08. The van der Waals surface area contributed by atoms with Crippen molar-refractivity contribution < 1.29 is 17.9 Å². The lowest BCUT2D eigenvalue weighted by Crippen LogP contribution is -2.52. The molecular weight excluding hydrogens is 440 g/mol. The van der Waals surface area contributed by atoms with Gasteiger partial charge in [-0.25, -0.2) is 8.42 Å². The van der Waals surface area contributed by atoms with Gasteiger partial charge in [-0.3, -0.25) is 14.6 Å². The summed E-state index contributed by atoms with van der Waals surface area (Å²) in [6.45, 7) is 12.7. The van der Waals surface area contributed by atoms with E-state index < -0.39 is 10.0 Å². The van der Waals surface area contributed by atoms with Crippen molar-refractivity contribution in [3.8, 4) is 0 Å². The van der Waals surface area contributed by atoms with Gasteiger partial charge in [-0.1, -0.05) is 39.3 Å². The van der Waals surface area contributed by atoms with E-state index in [9.17, 15) is 13.2 Å².